The average Bonchev–Trinajstić information content (AvgIpc) is 3.37. The number of likely N-dealkylation sites (tertiary alicyclic amines) is 1. The highest BCUT2D eigenvalue weighted by atomic mass is 19.1. The number of rotatable bonds is 5. The summed E-state index contributed by atoms with van der Waals surface area (Å²) in [6, 6.07) is 13.6. The third-order valence-corrected chi connectivity index (χ3v) is 6.51. The molecule has 0 saturated carbocycles. The molecule has 3 heterocycles. The summed E-state index contributed by atoms with van der Waals surface area (Å²) in [5.41, 5.74) is 5.31. The van der Waals surface area contributed by atoms with E-state index in [0.29, 0.717) is 11.5 Å². The topological polar surface area (TPSA) is 58.6 Å². The molecule has 30 heavy (non-hydrogen) atoms. The summed E-state index contributed by atoms with van der Waals surface area (Å²) in [5.74, 6) is 0.331. The highest BCUT2D eigenvalue weighted by Crippen LogP contribution is 2.33. The molecule has 2 aromatic heterocycles. The average molecular weight is 401 g/mol. The van der Waals surface area contributed by atoms with Gasteiger partial charge in [-0.25, -0.2) is 4.39 Å². The van der Waals surface area contributed by atoms with E-state index in [1.165, 1.54) is 17.2 Å². The predicted octanol–water partition coefficient (Wildman–Crippen LogP) is 5.47. The van der Waals surface area contributed by atoms with Crippen molar-refractivity contribution < 1.29 is 4.39 Å². The zero-order chi connectivity index (χ0) is 20.5. The monoisotopic (exact) mass is 400 g/mol. The van der Waals surface area contributed by atoms with Gasteiger partial charge in [0, 0.05) is 34.2 Å². The number of hydrogen-bond donors (Lipinski definition) is 2. The number of fused-ring (bicyclic) bond motifs is 2. The van der Waals surface area contributed by atoms with Crippen LogP contribution in [0.1, 0.15) is 41.9 Å². The maximum atomic E-state index is 13.7. The maximum absolute atomic E-state index is 13.7. The highest BCUT2D eigenvalue weighted by Gasteiger charge is 2.22. The van der Waals surface area contributed by atoms with Gasteiger partial charge in [-0.15, -0.1) is 0 Å². The molecule has 1 fully saturated rings. The van der Waals surface area contributed by atoms with Crippen molar-refractivity contribution in [3.63, 3.8) is 0 Å². The fourth-order valence-electron chi connectivity index (χ4n) is 4.84. The minimum atomic E-state index is -0.166. The number of aromatic amines is 2. The number of benzene rings is 2. The van der Waals surface area contributed by atoms with Crippen LogP contribution in [0.3, 0.4) is 0 Å². The standard InChI is InChI=1S/C25H25FN4/c26-20-4-6-25-22(13-20)23(16-29-25)18-7-10-30(11-8-18)9-1-2-17-3-5-24-21(12-17)19(14-27)15-28-24/h3-6,12-13,15-16,18,28-29H,1-2,7-11H2. The molecular weight excluding hydrogens is 375 g/mol. The molecule has 4 aromatic rings. The second-order valence-electron chi connectivity index (χ2n) is 8.35. The van der Waals surface area contributed by atoms with E-state index < -0.39 is 0 Å². The largest absolute Gasteiger partial charge is 0.361 e. The van der Waals surface area contributed by atoms with Gasteiger partial charge >= 0.3 is 0 Å². The summed E-state index contributed by atoms with van der Waals surface area (Å²) in [6.45, 7) is 3.26. The Hall–Kier alpha value is -3.10. The lowest BCUT2D eigenvalue weighted by Gasteiger charge is -2.32. The van der Waals surface area contributed by atoms with Crippen LogP contribution in [0.25, 0.3) is 21.8 Å². The molecule has 5 heteroatoms. The van der Waals surface area contributed by atoms with Gasteiger partial charge in [0.15, 0.2) is 0 Å². The number of piperidine rings is 1. The van der Waals surface area contributed by atoms with Gasteiger partial charge in [0.05, 0.1) is 5.56 Å². The fourth-order valence-corrected chi connectivity index (χ4v) is 4.84. The molecule has 4 nitrogen and oxygen atoms in total. The number of H-pyrrole nitrogens is 2. The lowest BCUT2D eigenvalue weighted by molar-refractivity contribution is 0.211. The Labute approximate surface area is 175 Å². The molecule has 2 N–H and O–H groups in total. The van der Waals surface area contributed by atoms with Crippen molar-refractivity contribution in [1.82, 2.24) is 14.9 Å². The fraction of sp³-hybridized carbons (Fsp3) is 0.320. The van der Waals surface area contributed by atoms with Crippen molar-refractivity contribution in [2.75, 3.05) is 19.6 Å². The number of halogens is 1. The first kappa shape index (κ1) is 18.9. The zero-order valence-electron chi connectivity index (χ0n) is 16.9. The van der Waals surface area contributed by atoms with Gasteiger partial charge in [-0.3, -0.25) is 0 Å². The van der Waals surface area contributed by atoms with Crippen molar-refractivity contribution in [2.24, 2.45) is 0 Å². The van der Waals surface area contributed by atoms with E-state index >= 15 is 0 Å². The second kappa shape index (κ2) is 7.97. The predicted molar refractivity (Wildman–Crippen MR) is 118 cm³/mol. The molecule has 0 radical (unpaired) electrons. The molecule has 0 spiro atoms. The third kappa shape index (κ3) is 3.59. The Morgan fingerprint density at radius 2 is 1.77 bits per heavy atom. The van der Waals surface area contributed by atoms with Crippen LogP contribution in [-0.4, -0.2) is 34.5 Å². The van der Waals surface area contributed by atoms with E-state index in [2.05, 4.69) is 45.3 Å². The van der Waals surface area contributed by atoms with Gasteiger partial charge < -0.3 is 14.9 Å². The Bertz CT molecular complexity index is 1220. The third-order valence-electron chi connectivity index (χ3n) is 6.51. The molecular formula is C25H25FN4. The molecule has 2 aromatic carbocycles. The minimum absolute atomic E-state index is 0.166. The summed E-state index contributed by atoms with van der Waals surface area (Å²) < 4.78 is 13.7. The summed E-state index contributed by atoms with van der Waals surface area (Å²) in [6.07, 6.45) is 8.21. The first-order valence-electron chi connectivity index (χ1n) is 10.7. The highest BCUT2D eigenvalue weighted by molar-refractivity contribution is 5.86. The molecule has 1 saturated heterocycles. The number of nitrogens with zero attached hydrogens (tertiary/aromatic N) is 2. The van der Waals surface area contributed by atoms with Gasteiger partial charge in [-0.05, 0) is 92.7 Å². The van der Waals surface area contributed by atoms with Crippen LogP contribution in [0.5, 0.6) is 0 Å². The Kier molecular flexibility index (Phi) is 5.02. The first-order chi connectivity index (χ1) is 14.7. The van der Waals surface area contributed by atoms with E-state index in [9.17, 15) is 9.65 Å². The molecule has 0 amide bonds. The number of hydrogen-bond acceptors (Lipinski definition) is 2. The van der Waals surface area contributed by atoms with Gasteiger partial charge in [0.25, 0.3) is 0 Å². The van der Waals surface area contributed by atoms with Crippen LogP contribution >= 0.6 is 0 Å². The van der Waals surface area contributed by atoms with Crippen molar-refractivity contribution in [1.29, 1.82) is 5.26 Å². The molecule has 152 valence electrons. The number of nitrogens with one attached hydrogen (secondary N) is 2. The van der Waals surface area contributed by atoms with Crippen LogP contribution in [0.15, 0.2) is 48.8 Å². The smallest absolute Gasteiger partial charge is 0.123 e. The van der Waals surface area contributed by atoms with Gasteiger partial charge in [-0.1, -0.05) is 6.07 Å². The molecule has 0 unspecified atom stereocenters. The number of nitriles is 1. The quantitative estimate of drug-likeness (QED) is 0.466. The first-order valence-corrected chi connectivity index (χ1v) is 10.7. The van der Waals surface area contributed by atoms with Gasteiger partial charge in [-0.2, -0.15) is 5.26 Å². The number of aromatic nitrogens is 2. The molecule has 0 bridgehead atoms. The van der Waals surface area contributed by atoms with Gasteiger partial charge in [0.2, 0.25) is 0 Å². The van der Waals surface area contributed by atoms with E-state index in [0.717, 1.165) is 67.1 Å². The van der Waals surface area contributed by atoms with Crippen molar-refractivity contribution >= 4 is 21.8 Å². The molecule has 1 aliphatic rings. The van der Waals surface area contributed by atoms with E-state index in [4.69, 9.17) is 0 Å². The molecule has 0 aliphatic carbocycles. The maximum Gasteiger partial charge on any atom is 0.123 e. The second-order valence-corrected chi connectivity index (χ2v) is 8.35. The van der Waals surface area contributed by atoms with Crippen LogP contribution in [0.2, 0.25) is 0 Å². The van der Waals surface area contributed by atoms with Crippen LogP contribution in [0.4, 0.5) is 4.39 Å². The van der Waals surface area contributed by atoms with Crippen LogP contribution in [0, 0.1) is 17.1 Å². The van der Waals surface area contributed by atoms with Gasteiger partial charge in [0.1, 0.15) is 11.9 Å². The molecule has 5 rings (SSSR count). The molecule has 0 atom stereocenters. The summed E-state index contributed by atoms with van der Waals surface area (Å²) in [7, 11) is 0. The van der Waals surface area contributed by atoms with Crippen molar-refractivity contribution in [3.8, 4) is 6.07 Å². The zero-order valence-corrected chi connectivity index (χ0v) is 16.9. The molecule has 1 aliphatic heterocycles. The minimum Gasteiger partial charge on any atom is -0.361 e. The summed E-state index contributed by atoms with van der Waals surface area (Å²) in [4.78, 5) is 8.99. The van der Waals surface area contributed by atoms with E-state index in [1.807, 2.05) is 6.07 Å². The Morgan fingerprint density at radius 3 is 2.60 bits per heavy atom. The number of aryl methyl sites for hydroxylation is 1. The van der Waals surface area contributed by atoms with Crippen LogP contribution in [-0.2, 0) is 6.42 Å². The Balaban J connectivity index is 1.16. The van der Waals surface area contributed by atoms with Crippen molar-refractivity contribution in [3.05, 3.63) is 71.3 Å². The summed E-state index contributed by atoms with van der Waals surface area (Å²) >= 11 is 0. The SMILES string of the molecule is N#Cc1c[nH]c2ccc(CCCN3CCC(c4c[nH]c5ccc(F)cc45)CC3)cc12. The van der Waals surface area contributed by atoms with E-state index in [-0.39, 0.29) is 5.82 Å². The normalized spacial score (nSPS) is 15.7. The lowest BCUT2D eigenvalue weighted by atomic mass is 9.89. The van der Waals surface area contributed by atoms with Crippen LogP contribution < -0.4 is 0 Å². The van der Waals surface area contributed by atoms with E-state index in [1.54, 1.807) is 12.3 Å². The Morgan fingerprint density at radius 1 is 1.00 bits per heavy atom. The summed E-state index contributed by atoms with van der Waals surface area (Å²) in [5, 5.41) is 11.3. The van der Waals surface area contributed by atoms with Crippen molar-refractivity contribution in [2.45, 2.75) is 31.6 Å². The lowest BCUT2D eigenvalue weighted by Crippen LogP contribution is -2.33.